The number of rotatable bonds is 9. The van der Waals surface area contributed by atoms with Gasteiger partial charge in [-0.15, -0.1) is 6.58 Å². The molecule has 3 saturated carbocycles. The number of hydrogen-bond donors (Lipinski definition) is 2. The lowest BCUT2D eigenvalue weighted by Gasteiger charge is -2.45. The van der Waals surface area contributed by atoms with E-state index >= 15 is 0 Å². The van der Waals surface area contributed by atoms with Crippen molar-refractivity contribution >= 4 is 28.8 Å². The fraction of sp³-hybridized carbons (Fsp3) is 0.688. The second-order valence-corrected chi connectivity index (χ2v) is 13.8. The molecule has 2 N–H and O–H groups in total. The molecule has 0 aromatic carbocycles. The van der Waals surface area contributed by atoms with Crippen LogP contribution in [0.2, 0.25) is 0 Å². The van der Waals surface area contributed by atoms with Crippen molar-refractivity contribution < 1.29 is 9.32 Å². The fourth-order valence-corrected chi connectivity index (χ4v) is 7.36. The Morgan fingerprint density at radius 1 is 1.07 bits per heavy atom. The van der Waals surface area contributed by atoms with E-state index in [-0.39, 0.29) is 35.7 Å². The molecule has 3 aromatic rings. The van der Waals surface area contributed by atoms with Gasteiger partial charge in [0.15, 0.2) is 11.5 Å². The molecular weight excluding hydrogens is 558 g/mol. The minimum absolute atomic E-state index is 0.0775. The molecule has 1 saturated heterocycles. The van der Waals surface area contributed by atoms with E-state index in [1.54, 1.807) is 0 Å². The maximum atomic E-state index is 13.1. The number of aromatic nitrogens is 6. The van der Waals surface area contributed by atoms with Crippen molar-refractivity contribution in [3.63, 3.8) is 0 Å². The largest absolute Gasteiger partial charge is 0.439 e. The van der Waals surface area contributed by atoms with Gasteiger partial charge in [0.25, 0.3) is 0 Å². The zero-order chi connectivity index (χ0) is 30.5. The van der Waals surface area contributed by atoms with E-state index in [2.05, 4.69) is 63.3 Å². The number of piperazine rings is 1. The smallest absolute Gasteiger partial charge is 0.365 e. The van der Waals surface area contributed by atoms with Gasteiger partial charge in [0.2, 0.25) is 23.5 Å². The molecule has 4 aliphatic rings. The van der Waals surface area contributed by atoms with Gasteiger partial charge in [-0.2, -0.15) is 4.98 Å². The van der Waals surface area contributed by atoms with Crippen molar-refractivity contribution in [2.45, 2.75) is 103 Å². The molecule has 12 heteroatoms. The maximum Gasteiger partial charge on any atom is 0.439 e. The van der Waals surface area contributed by atoms with Crippen molar-refractivity contribution in [3.8, 4) is 11.6 Å². The Labute approximate surface area is 257 Å². The topological polar surface area (TPSA) is 138 Å². The zero-order valence-corrected chi connectivity index (χ0v) is 26.2. The first-order valence-electron chi connectivity index (χ1n) is 16.6. The van der Waals surface area contributed by atoms with E-state index in [0.29, 0.717) is 48.2 Å². The Bertz CT molecular complexity index is 1580. The summed E-state index contributed by atoms with van der Waals surface area (Å²) in [7, 11) is 0. The van der Waals surface area contributed by atoms with E-state index in [1.807, 2.05) is 0 Å². The number of nitrogens with zero attached hydrogens (tertiary/aromatic N) is 7. The number of nitrogens with one attached hydrogen (secondary N) is 2. The Kier molecular flexibility index (Phi) is 7.70. The minimum Gasteiger partial charge on any atom is -0.365 e. The number of H-pyrrole nitrogens is 1. The second kappa shape index (κ2) is 11.7. The van der Waals surface area contributed by atoms with Gasteiger partial charge in [-0.1, -0.05) is 17.7 Å². The highest BCUT2D eigenvalue weighted by Gasteiger charge is 2.41. The average Bonchev–Trinajstić information content (AvgIpc) is 3.65. The predicted molar refractivity (Wildman–Crippen MR) is 168 cm³/mol. The normalized spacial score (nSPS) is 26.9. The standard InChI is InChI=1S/C32H45N9O3/c1-5-21-9-11-22(12-10-21)17-41-25-26(33-20(4)23-7-6-8-23)34-28(29-37-32(43)44-38-29)35-27(25)36-31(41)40-16-18(2)39(15-19(40)3)30(42)24-13-14-24/h5,18-24H,1,6-17H2,2-4H3,(H,33,34,35)(H,37,38,43)/t18-,19+,20+,21-,22-/m0/s1. The number of imidazole rings is 1. The van der Waals surface area contributed by atoms with Crippen LogP contribution in [0.25, 0.3) is 22.8 Å². The second-order valence-electron chi connectivity index (χ2n) is 13.8. The van der Waals surface area contributed by atoms with Crippen LogP contribution in [-0.4, -0.2) is 71.7 Å². The maximum absolute atomic E-state index is 13.1. The summed E-state index contributed by atoms with van der Waals surface area (Å²) in [6.07, 6.45) is 12.3. The molecule has 12 nitrogen and oxygen atoms in total. The van der Waals surface area contributed by atoms with Crippen LogP contribution in [0.4, 0.5) is 11.8 Å². The van der Waals surface area contributed by atoms with Crippen molar-refractivity contribution in [2.75, 3.05) is 23.3 Å². The van der Waals surface area contributed by atoms with Crippen LogP contribution in [-0.2, 0) is 11.3 Å². The monoisotopic (exact) mass is 603 g/mol. The summed E-state index contributed by atoms with van der Waals surface area (Å²) in [6.45, 7) is 12.8. The predicted octanol–water partition coefficient (Wildman–Crippen LogP) is 4.60. The van der Waals surface area contributed by atoms with Crippen LogP contribution in [0.1, 0.15) is 78.6 Å². The number of carbonyl (C=O) groups excluding carboxylic acids is 1. The summed E-state index contributed by atoms with van der Waals surface area (Å²) >= 11 is 0. The van der Waals surface area contributed by atoms with Crippen LogP contribution in [0.3, 0.4) is 0 Å². The van der Waals surface area contributed by atoms with Gasteiger partial charge in [0, 0.05) is 43.7 Å². The highest BCUT2D eigenvalue weighted by molar-refractivity contribution is 5.88. The molecule has 3 atom stereocenters. The van der Waals surface area contributed by atoms with Crippen molar-refractivity contribution in [1.82, 2.24) is 34.6 Å². The fourth-order valence-electron chi connectivity index (χ4n) is 7.36. The molecule has 3 aliphatic carbocycles. The molecule has 0 spiro atoms. The molecule has 4 fully saturated rings. The van der Waals surface area contributed by atoms with Gasteiger partial charge < -0.3 is 19.7 Å². The van der Waals surface area contributed by atoms with Gasteiger partial charge in [-0.25, -0.2) is 14.8 Å². The van der Waals surface area contributed by atoms with E-state index in [1.165, 1.54) is 19.3 Å². The Morgan fingerprint density at radius 3 is 2.48 bits per heavy atom. The summed E-state index contributed by atoms with van der Waals surface area (Å²) in [5.74, 6) is 3.54. The summed E-state index contributed by atoms with van der Waals surface area (Å²) in [4.78, 5) is 47.0. The Morgan fingerprint density at radius 2 is 1.84 bits per heavy atom. The number of amides is 1. The number of carbonyl (C=O) groups is 1. The van der Waals surface area contributed by atoms with Crippen molar-refractivity contribution in [3.05, 3.63) is 23.2 Å². The third-order valence-corrected chi connectivity index (χ3v) is 10.6. The quantitative estimate of drug-likeness (QED) is 0.336. The molecule has 0 bridgehead atoms. The van der Waals surface area contributed by atoms with Crippen molar-refractivity contribution in [1.29, 1.82) is 0 Å². The first kappa shape index (κ1) is 29.0. The zero-order valence-electron chi connectivity index (χ0n) is 26.2. The first-order valence-corrected chi connectivity index (χ1v) is 16.6. The van der Waals surface area contributed by atoms with Gasteiger partial charge in [-0.3, -0.25) is 14.3 Å². The van der Waals surface area contributed by atoms with Crippen LogP contribution in [0.5, 0.6) is 0 Å². The minimum atomic E-state index is -0.649. The Hall–Kier alpha value is -3.70. The number of anilines is 2. The van der Waals surface area contributed by atoms with Gasteiger partial charge in [-0.05, 0) is 89.9 Å². The van der Waals surface area contributed by atoms with Crippen LogP contribution >= 0.6 is 0 Å². The van der Waals surface area contributed by atoms with Crippen LogP contribution < -0.4 is 16.0 Å². The summed E-state index contributed by atoms with van der Waals surface area (Å²) in [6, 6.07) is 0.385. The van der Waals surface area contributed by atoms with E-state index in [4.69, 9.17) is 19.5 Å². The van der Waals surface area contributed by atoms with Crippen molar-refractivity contribution in [2.24, 2.45) is 23.7 Å². The lowest BCUT2D eigenvalue weighted by Crippen LogP contribution is -2.59. The third kappa shape index (κ3) is 5.51. The van der Waals surface area contributed by atoms with Gasteiger partial charge in [0.05, 0.1) is 0 Å². The lowest BCUT2D eigenvalue weighted by molar-refractivity contribution is -0.135. The summed E-state index contributed by atoms with van der Waals surface area (Å²) < 4.78 is 7.14. The highest BCUT2D eigenvalue weighted by atomic mass is 16.5. The molecular formula is C32H45N9O3. The molecule has 7 rings (SSSR count). The number of allylic oxidation sites excluding steroid dienone is 1. The van der Waals surface area contributed by atoms with Gasteiger partial charge >= 0.3 is 5.76 Å². The summed E-state index contributed by atoms with van der Waals surface area (Å²) in [5, 5.41) is 7.61. The third-order valence-electron chi connectivity index (χ3n) is 10.6. The molecule has 44 heavy (non-hydrogen) atoms. The molecule has 1 aliphatic heterocycles. The molecule has 236 valence electrons. The SMILES string of the molecule is C=C[C@H]1CC[C@H](Cn2c(N3C[C@H](C)N(C(=O)C4CC4)C[C@H]3C)nc3nc(-c4noc(=O)[nH]4)nc(N[C@H](C)C4CCC4)c32)CC1. The molecule has 3 aromatic heterocycles. The number of aromatic amines is 1. The van der Waals surface area contributed by atoms with E-state index < -0.39 is 5.76 Å². The first-order chi connectivity index (χ1) is 21.3. The number of fused-ring (bicyclic) bond motifs is 1. The lowest BCUT2D eigenvalue weighted by atomic mass is 9.80. The molecule has 4 heterocycles. The Balaban J connectivity index is 1.31. The molecule has 0 unspecified atom stereocenters. The van der Waals surface area contributed by atoms with Crippen LogP contribution in [0.15, 0.2) is 22.0 Å². The van der Waals surface area contributed by atoms with E-state index in [0.717, 1.165) is 56.5 Å². The number of hydrogen-bond acceptors (Lipinski definition) is 9. The van der Waals surface area contributed by atoms with E-state index in [9.17, 15) is 9.59 Å². The average molecular weight is 604 g/mol. The van der Waals surface area contributed by atoms with Crippen LogP contribution in [0, 0.1) is 23.7 Å². The molecule has 0 radical (unpaired) electrons. The highest BCUT2D eigenvalue weighted by Crippen LogP contribution is 2.38. The van der Waals surface area contributed by atoms with Gasteiger partial charge in [0.1, 0.15) is 5.52 Å². The molecule has 1 amide bonds. The summed E-state index contributed by atoms with van der Waals surface area (Å²) in [5.41, 5.74) is 1.44.